The first-order valence-corrected chi connectivity index (χ1v) is 6.46. The number of ether oxygens (including phenoxy) is 3. The molecule has 0 heterocycles. The number of rotatable bonds is 7. The lowest BCUT2D eigenvalue weighted by atomic mass is 9.95. The van der Waals surface area contributed by atoms with Crippen molar-refractivity contribution in [3.05, 3.63) is 23.8 Å². The van der Waals surface area contributed by atoms with Crippen molar-refractivity contribution in [2.24, 2.45) is 5.73 Å². The van der Waals surface area contributed by atoms with E-state index in [9.17, 15) is 0 Å². The molecule has 19 heavy (non-hydrogen) atoms. The molecule has 1 aromatic rings. The van der Waals surface area contributed by atoms with Crippen LogP contribution in [0.15, 0.2) is 18.2 Å². The molecule has 1 atom stereocenters. The zero-order valence-corrected chi connectivity index (χ0v) is 12.5. The van der Waals surface area contributed by atoms with E-state index >= 15 is 0 Å². The highest BCUT2D eigenvalue weighted by Gasteiger charge is 2.20. The van der Waals surface area contributed by atoms with E-state index in [-0.39, 0.29) is 11.6 Å². The Labute approximate surface area is 115 Å². The van der Waals surface area contributed by atoms with Gasteiger partial charge in [-0.1, -0.05) is 6.07 Å². The second kappa shape index (κ2) is 6.78. The third-order valence-electron chi connectivity index (χ3n) is 3.45. The van der Waals surface area contributed by atoms with Gasteiger partial charge < -0.3 is 19.9 Å². The molecule has 1 unspecified atom stereocenters. The molecule has 0 amide bonds. The Morgan fingerprint density at radius 2 is 1.84 bits per heavy atom. The quantitative estimate of drug-likeness (QED) is 0.825. The average Bonchev–Trinajstić information content (AvgIpc) is 2.44. The van der Waals surface area contributed by atoms with Gasteiger partial charge in [0.2, 0.25) is 0 Å². The van der Waals surface area contributed by atoms with E-state index in [1.165, 1.54) is 0 Å². The van der Waals surface area contributed by atoms with Crippen LogP contribution in [0.25, 0.3) is 0 Å². The van der Waals surface area contributed by atoms with Crippen LogP contribution in [0.3, 0.4) is 0 Å². The Morgan fingerprint density at radius 1 is 1.16 bits per heavy atom. The molecule has 0 bridgehead atoms. The minimum atomic E-state index is -0.155. The monoisotopic (exact) mass is 267 g/mol. The standard InChI is InChI=1S/C15H25NO3/c1-15(2,19-5)9-8-13(16)12-7-6-11(17-3)10-14(12)18-4/h6-7,10,13H,8-9,16H2,1-5H3. The highest BCUT2D eigenvalue weighted by molar-refractivity contribution is 5.42. The second-order valence-electron chi connectivity index (χ2n) is 5.22. The fourth-order valence-corrected chi connectivity index (χ4v) is 1.89. The minimum absolute atomic E-state index is 0.0738. The predicted octanol–water partition coefficient (Wildman–Crippen LogP) is 2.91. The van der Waals surface area contributed by atoms with E-state index < -0.39 is 0 Å². The normalized spacial score (nSPS) is 13.2. The molecule has 4 heteroatoms. The van der Waals surface area contributed by atoms with Crippen molar-refractivity contribution >= 4 is 0 Å². The van der Waals surface area contributed by atoms with Crippen LogP contribution >= 0.6 is 0 Å². The summed E-state index contributed by atoms with van der Waals surface area (Å²) in [5.74, 6) is 1.53. The molecule has 2 N–H and O–H groups in total. The van der Waals surface area contributed by atoms with E-state index in [1.807, 2.05) is 18.2 Å². The van der Waals surface area contributed by atoms with Crippen LogP contribution in [0.1, 0.15) is 38.3 Å². The van der Waals surface area contributed by atoms with Crippen molar-refractivity contribution in [3.8, 4) is 11.5 Å². The summed E-state index contributed by atoms with van der Waals surface area (Å²) in [6, 6.07) is 5.65. The summed E-state index contributed by atoms with van der Waals surface area (Å²) in [5, 5.41) is 0. The number of benzene rings is 1. The maximum Gasteiger partial charge on any atom is 0.127 e. The van der Waals surface area contributed by atoms with E-state index in [0.29, 0.717) is 0 Å². The Balaban J connectivity index is 2.79. The average molecular weight is 267 g/mol. The molecule has 0 spiro atoms. The SMILES string of the molecule is COc1ccc(C(N)CCC(C)(C)OC)c(OC)c1. The van der Waals surface area contributed by atoms with Crippen molar-refractivity contribution in [1.82, 2.24) is 0 Å². The van der Waals surface area contributed by atoms with Crippen LogP contribution in [-0.4, -0.2) is 26.9 Å². The highest BCUT2D eigenvalue weighted by atomic mass is 16.5. The fraction of sp³-hybridized carbons (Fsp3) is 0.600. The van der Waals surface area contributed by atoms with Crippen LogP contribution in [-0.2, 0) is 4.74 Å². The maximum atomic E-state index is 6.25. The van der Waals surface area contributed by atoms with Gasteiger partial charge in [0.05, 0.1) is 19.8 Å². The molecular weight excluding hydrogens is 242 g/mol. The molecular formula is C15H25NO3. The molecule has 0 aliphatic rings. The van der Waals surface area contributed by atoms with E-state index in [1.54, 1.807) is 21.3 Å². The third-order valence-corrected chi connectivity index (χ3v) is 3.45. The van der Waals surface area contributed by atoms with Gasteiger partial charge in [-0.15, -0.1) is 0 Å². The summed E-state index contributed by atoms with van der Waals surface area (Å²) in [4.78, 5) is 0. The molecule has 4 nitrogen and oxygen atoms in total. The number of hydrogen-bond donors (Lipinski definition) is 1. The summed E-state index contributed by atoms with van der Waals surface area (Å²) in [7, 11) is 5.00. The first-order valence-electron chi connectivity index (χ1n) is 6.46. The minimum Gasteiger partial charge on any atom is -0.497 e. The zero-order chi connectivity index (χ0) is 14.5. The molecule has 1 aromatic carbocycles. The lowest BCUT2D eigenvalue weighted by Crippen LogP contribution is -2.24. The third kappa shape index (κ3) is 4.40. The van der Waals surface area contributed by atoms with Gasteiger partial charge in [0.1, 0.15) is 11.5 Å². The number of methoxy groups -OCH3 is 3. The first kappa shape index (κ1) is 15.8. The molecule has 1 rings (SSSR count). The van der Waals surface area contributed by atoms with Crippen molar-refractivity contribution in [3.63, 3.8) is 0 Å². The van der Waals surface area contributed by atoms with Gasteiger partial charge in [0.25, 0.3) is 0 Å². The highest BCUT2D eigenvalue weighted by Crippen LogP contribution is 2.31. The molecule has 0 saturated heterocycles. The molecule has 0 radical (unpaired) electrons. The van der Waals surface area contributed by atoms with Crippen LogP contribution in [0, 0.1) is 0 Å². The lowest BCUT2D eigenvalue weighted by Gasteiger charge is -2.25. The molecule has 0 aliphatic carbocycles. The van der Waals surface area contributed by atoms with Crippen LogP contribution in [0.5, 0.6) is 11.5 Å². The zero-order valence-electron chi connectivity index (χ0n) is 12.5. The molecule has 0 saturated carbocycles. The van der Waals surface area contributed by atoms with Crippen LogP contribution in [0.4, 0.5) is 0 Å². The Morgan fingerprint density at radius 3 is 2.37 bits per heavy atom. The van der Waals surface area contributed by atoms with E-state index in [4.69, 9.17) is 19.9 Å². The van der Waals surface area contributed by atoms with Gasteiger partial charge in [-0.3, -0.25) is 0 Å². The predicted molar refractivity (Wildman–Crippen MR) is 76.8 cm³/mol. The topological polar surface area (TPSA) is 53.7 Å². The maximum absolute atomic E-state index is 6.25. The largest absolute Gasteiger partial charge is 0.497 e. The van der Waals surface area contributed by atoms with Crippen LogP contribution < -0.4 is 15.2 Å². The van der Waals surface area contributed by atoms with Gasteiger partial charge in [0.15, 0.2) is 0 Å². The summed E-state index contributed by atoms with van der Waals surface area (Å²) >= 11 is 0. The number of hydrogen-bond acceptors (Lipinski definition) is 4. The van der Waals surface area contributed by atoms with Gasteiger partial charge in [-0.05, 0) is 32.8 Å². The fourth-order valence-electron chi connectivity index (χ4n) is 1.89. The van der Waals surface area contributed by atoms with Gasteiger partial charge in [-0.2, -0.15) is 0 Å². The van der Waals surface area contributed by atoms with E-state index in [0.717, 1.165) is 29.9 Å². The first-order chi connectivity index (χ1) is 8.93. The van der Waals surface area contributed by atoms with Crippen molar-refractivity contribution < 1.29 is 14.2 Å². The lowest BCUT2D eigenvalue weighted by molar-refractivity contribution is 0.0124. The summed E-state index contributed by atoms with van der Waals surface area (Å²) < 4.78 is 16.0. The summed E-state index contributed by atoms with van der Waals surface area (Å²) in [6.45, 7) is 4.12. The number of nitrogens with two attached hydrogens (primary N) is 1. The summed E-state index contributed by atoms with van der Waals surface area (Å²) in [6.07, 6.45) is 1.73. The molecule has 108 valence electrons. The molecule has 0 fully saturated rings. The van der Waals surface area contributed by atoms with Crippen molar-refractivity contribution in [1.29, 1.82) is 0 Å². The Hall–Kier alpha value is -1.26. The van der Waals surface area contributed by atoms with Crippen molar-refractivity contribution in [2.75, 3.05) is 21.3 Å². The molecule has 0 aromatic heterocycles. The van der Waals surface area contributed by atoms with Gasteiger partial charge >= 0.3 is 0 Å². The molecule has 0 aliphatic heterocycles. The second-order valence-corrected chi connectivity index (χ2v) is 5.22. The van der Waals surface area contributed by atoms with Gasteiger partial charge in [-0.25, -0.2) is 0 Å². The van der Waals surface area contributed by atoms with E-state index in [2.05, 4.69) is 13.8 Å². The Bertz CT molecular complexity index is 404. The smallest absolute Gasteiger partial charge is 0.127 e. The Kier molecular flexibility index (Phi) is 5.63. The van der Waals surface area contributed by atoms with Crippen molar-refractivity contribution in [2.45, 2.75) is 38.3 Å². The summed E-state index contributed by atoms with van der Waals surface area (Å²) in [5.41, 5.74) is 7.09. The van der Waals surface area contributed by atoms with Crippen LogP contribution in [0.2, 0.25) is 0 Å². The van der Waals surface area contributed by atoms with Gasteiger partial charge in [0, 0.05) is 24.8 Å².